The third kappa shape index (κ3) is 3.11. The van der Waals surface area contributed by atoms with Crippen molar-refractivity contribution in [2.45, 2.75) is 78.2 Å². The number of hydrogen-bond acceptors (Lipinski definition) is 3. The topological polar surface area (TPSA) is 47.8 Å². The summed E-state index contributed by atoms with van der Waals surface area (Å²) in [4.78, 5) is 17.8. The average Bonchev–Trinajstić information content (AvgIpc) is 3.34. The van der Waals surface area contributed by atoms with Crippen molar-refractivity contribution in [1.29, 1.82) is 0 Å². The molecule has 4 aliphatic rings. The van der Waals surface area contributed by atoms with Crippen LogP contribution in [0.1, 0.15) is 71.6 Å². The van der Waals surface area contributed by atoms with E-state index in [4.69, 9.17) is 0 Å². The predicted molar refractivity (Wildman–Crippen MR) is 122 cm³/mol. The van der Waals surface area contributed by atoms with Crippen molar-refractivity contribution in [3.8, 4) is 0 Å². The first-order valence-corrected chi connectivity index (χ1v) is 12.8. The smallest absolute Gasteiger partial charge is 0.157 e. The Morgan fingerprint density at radius 1 is 1.06 bits per heavy atom. The van der Waals surface area contributed by atoms with E-state index in [0.717, 1.165) is 52.8 Å². The second-order valence-electron chi connectivity index (χ2n) is 11.7. The van der Waals surface area contributed by atoms with Gasteiger partial charge in [0.05, 0.1) is 17.9 Å². The monoisotopic (exact) mass is 419 g/mol. The number of rotatable bonds is 3. The largest absolute Gasteiger partial charge is 0.297 e. The molecule has 0 spiro atoms. The number of Topliss-reactive ketones (excluding diaryl/α,β-unsaturated/α-hetero) is 1. The van der Waals surface area contributed by atoms with E-state index < -0.39 is 0 Å². The molecule has 2 aromatic rings. The van der Waals surface area contributed by atoms with Gasteiger partial charge < -0.3 is 0 Å². The predicted octanol–water partition coefficient (Wildman–Crippen LogP) is 5.91. The zero-order valence-corrected chi connectivity index (χ0v) is 19.2. The lowest BCUT2D eigenvalue weighted by molar-refractivity contribution is -0.131. The Balaban J connectivity index is 1.20. The van der Waals surface area contributed by atoms with E-state index in [2.05, 4.69) is 23.9 Å². The maximum Gasteiger partial charge on any atom is 0.157 e. The Labute approximate surface area is 186 Å². The molecule has 0 bridgehead atoms. The number of fused-ring (bicyclic) bond motifs is 6. The lowest BCUT2D eigenvalue weighted by atomic mass is 9.49. The molecule has 166 valence electrons. The normalized spacial score (nSPS) is 42.1. The van der Waals surface area contributed by atoms with Gasteiger partial charge in [0.15, 0.2) is 5.78 Å². The Hall–Kier alpha value is -1.71. The molecule has 4 fully saturated rings. The summed E-state index contributed by atoms with van der Waals surface area (Å²) in [7, 11) is 0. The van der Waals surface area contributed by atoms with Gasteiger partial charge in [-0.1, -0.05) is 20.3 Å². The van der Waals surface area contributed by atoms with Gasteiger partial charge in [0.25, 0.3) is 0 Å². The maximum atomic E-state index is 13.6. The van der Waals surface area contributed by atoms with Gasteiger partial charge in [-0.2, -0.15) is 5.10 Å². The van der Waals surface area contributed by atoms with Crippen LogP contribution in [0.3, 0.4) is 0 Å². The van der Waals surface area contributed by atoms with Gasteiger partial charge in [-0.25, -0.2) is 0 Å². The lowest BCUT2D eigenvalue weighted by Gasteiger charge is -2.56. The van der Waals surface area contributed by atoms with Crippen molar-refractivity contribution in [3.05, 3.63) is 24.7 Å². The van der Waals surface area contributed by atoms with E-state index in [-0.39, 0.29) is 11.3 Å². The van der Waals surface area contributed by atoms with E-state index in [9.17, 15) is 4.79 Å². The standard InChI is InChI=1S/C27H37N3O/c1-17-3-5-20-18(13-17)4-6-22-21(20)9-11-27(2)23(22)7-8-24(27)26(31)16-30-25-15-28-12-10-19(25)14-29-30/h10,12,14-15,17-18,20-24H,3-9,11,13,16H2,1-2H3/t17-,18+,20-,21?,22+,23?,24+,27-/m0/s1. The minimum absolute atomic E-state index is 0.203. The summed E-state index contributed by atoms with van der Waals surface area (Å²) in [6, 6.07) is 1.97. The van der Waals surface area contributed by atoms with E-state index in [1.54, 1.807) is 6.20 Å². The van der Waals surface area contributed by atoms with Crippen LogP contribution in [0.15, 0.2) is 24.7 Å². The highest BCUT2D eigenvalue weighted by Gasteiger charge is 2.58. The molecule has 31 heavy (non-hydrogen) atoms. The SMILES string of the molecule is C[C@H]1CC[C@@H]2C3CC[C@@]4(C)C(CC[C@@H]4C(=O)Cn4ncc5ccncc54)[C@@H]3CC[C@@H]2C1. The molecule has 0 N–H and O–H groups in total. The molecular weight excluding hydrogens is 382 g/mol. The highest BCUT2D eigenvalue weighted by molar-refractivity contribution is 5.84. The van der Waals surface area contributed by atoms with Crippen LogP contribution < -0.4 is 0 Å². The van der Waals surface area contributed by atoms with Crippen molar-refractivity contribution < 1.29 is 4.79 Å². The van der Waals surface area contributed by atoms with Gasteiger partial charge in [-0.15, -0.1) is 0 Å². The molecule has 8 atom stereocenters. The van der Waals surface area contributed by atoms with Crippen LogP contribution in [0, 0.1) is 46.8 Å². The van der Waals surface area contributed by atoms with Crippen molar-refractivity contribution in [2.24, 2.45) is 46.8 Å². The summed E-state index contributed by atoms with van der Waals surface area (Å²) < 4.78 is 1.88. The number of carbonyl (C=O) groups excluding carboxylic acids is 1. The summed E-state index contributed by atoms with van der Waals surface area (Å²) >= 11 is 0. The first-order valence-electron chi connectivity index (χ1n) is 12.8. The molecule has 4 heteroatoms. The zero-order valence-electron chi connectivity index (χ0n) is 19.2. The summed E-state index contributed by atoms with van der Waals surface area (Å²) in [5.41, 5.74) is 1.18. The number of aromatic nitrogens is 3. The minimum atomic E-state index is 0.203. The third-order valence-electron chi connectivity index (χ3n) is 10.4. The van der Waals surface area contributed by atoms with Crippen LogP contribution in [-0.2, 0) is 11.3 Å². The maximum absolute atomic E-state index is 13.6. The Kier molecular flexibility index (Phi) is 4.77. The summed E-state index contributed by atoms with van der Waals surface area (Å²) in [5, 5.41) is 5.57. The van der Waals surface area contributed by atoms with Crippen LogP contribution in [0.4, 0.5) is 0 Å². The minimum Gasteiger partial charge on any atom is -0.297 e. The Morgan fingerprint density at radius 2 is 1.94 bits per heavy atom. The summed E-state index contributed by atoms with van der Waals surface area (Å²) in [6.07, 6.45) is 17.7. The van der Waals surface area contributed by atoms with Crippen molar-refractivity contribution in [1.82, 2.24) is 14.8 Å². The van der Waals surface area contributed by atoms with E-state index in [1.165, 1.54) is 51.4 Å². The van der Waals surface area contributed by atoms with Crippen LogP contribution in [-0.4, -0.2) is 20.5 Å². The van der Waals surface area contributed by atoms with Gasteiger partial charge in [-0.05, 0) is 98.4 Å². The molecule has 4 aliphatic carbocycles. The first kappa shape index (κ1) is 19.9. The first-order chi connectivity index (χ1) is 15.0. The molecule has 2 heterocycles. The zero-order chi connectivity index (χ0) is 21.2. The molecule has 0 aromatic carbocycles. The lowest BCUT2D eigenvalue weighted by Crippen LogP contribution is -2.49. The van der Waals surface area contributed by atoms with Gasteiger partial charge in [0.2, 0.25) is 0 Å². The second kappa shape index (κ2) is 7.42. The molecule has 0 radical (unpaired) electrons. The van der Waals surface area contributed by atoms with Crippen LogP contribution in [0.5, 0.6) is 0 Å². The van der Waals surface area contributed by atoms with Crippen LogP contribution in [0.2, 0.25) is 0 Å². The number of pyridine rings is 1. The van der Waals surface area contributed by atoms with Gasteiger partial charge in [0.1, 0.15) is 6.54 Å². The fourth-order valence-corrected chi connectivity index (χ4v) is 8.92. The molecule has 0 amide bonds. The van der Waals surface area contributed by atoms with Crippen molar-refractivity contribution in [2.75, 3.05) is 0 Å². The number of carbonyl (C=O) groups is 1. The average molecular weight is 420 g/mol. The molecule has 6 rings (SSSR count). The highest BCUT2D eigenvalue weighted by atomic mass is 16.1. The fraction of sp³-hybridized carbons (Fsp3) is 0.741. The van der Waals surface area contributed by atoms with Crippen LogP contribution in [0.25, 0.3) is 10.9 Å². The number of nitrogens with zero attached hydrogens (tertiary/aromatic N) is 3. The molecular formula is C27H37N3O. The van der Waals surface area contributed by atoms with Crippen molar-refractivity contribution in [3.63, 3.8) is 0 Å². The van der Waals surface area contributed by atoms with E-state index in [1.807, 2.05) is 23.1 Å². The van der Waals surface area contributed by atoms with Crippen molar-refractivity contribution >= 4 is 16.7 Å². The molecule has 0 aliphatic heterocycles. The second-order valence-corrected chi connectivity index (χ2v) is 11.7. The quantitative estimate of drug-likeness (QED) is 0.622. The Bertz CT molecular complexity index is 982. The third-order valence-corrected chi connectivity index (χ3v) is 10.4. The Morgan fingerprint density at radius 3 is 2.84 bits per heavy atom. The van der Waals surface area contributed by atoms with Gasteiger partial charge in [0, 0.05) is 17.5 Å². The van der Waals surface area contributed by atoms with E-state index in [0.29, 0.717) is 12.3 Å². The highest BCUT2D eigenvalue weighted by Crippen LogP contribution is 2.64. The molecule has 2 aromatic heterocycles. The number of ketones is 1. The molecule has 4 nitrogen and oxygen atoms in total. The summed E-state index contributed by atoms with van der Waals surface area (Å²) in [5.74, 6) is 6.11. The molecule has 0 saturated heterocycles. The molecule has 4 saturated carbocycles. The number of hydrogen-bond donors (Lipinski definition) is 0. The summed E-state index contributed by atoms with van der Waals surface area (Å²) in [6.45, 7) is 5.34. The van der Waals surface area contributed by atoms with Gasteiger partial charge in [-0.3, -0.25) is 14.5 Å². The van der Waals surface area contributed by atoms with Crippen LogP contribution >= 0.6 is 0 Å². The fourth-order valence-electron chi connectivity index (χ4n) is 8.92. The van der Waals surface area contributed by atoms with E-state index >= 15 is 0 Å². The molecule has 2 unspecified atom stereocenters. The van der Waals surface area contributed by atoms with Gasteiger partial charge >= 0.3 is 0 Å².